The molecule has 1 heterocycles. The zero-order valence-corrected chi connectivity index (χ0v) is 21.8. The fraction of sp³-hybridized carbons (Fsp3) is 0.360. The lowest BCUT2D eigenvalue weighted by Crippen LogP contribution is -2.35. The molecule has 0 spiro atoms. The Hall–Kier alpha value is -2.32. The highest BCUT2D eigenvalue weighted by Gasteiger charge is 2.35. The van der Waals surface area contributed by atoms with Gasteiger partial charge in [-0.3, -0.25) is 14.7 Å². The average molecular weight is 535 g/mol. The average Bonchev–Trinajstić information content (AvgIpc) is 3.04. The van der Waals surface area contributed by atoms with Gasteiger partial charge in [0.05, 0.1) is 11.5 Å². The first-order valence-electron chi connectivity index (χ1n) is 10.8. The Morgan fingerprint density at radius 1 is 1.15 bits per heavy atom. The van der Waals surface area contributed by atoms with Gasteiger partial charge in [0.1, 0.15) is 12.4 Å². The van der Waals surface area contributed by atoms with E-state index in [1.165, 1.54) is 17.8 Å². The van der Waals surface area contributed by atoms with Crippen LogP contribution >= 0.6 is 27.7 Å². The SMILES string of the molecule is CCOc1cc(/C=C2/SC(=NC(C)C)N(C(C)C)C2=O)c(Br)cc1OCc1ccccc1F. The normalized spacial score (nSPS) is 16.5. The molecule has 0 aromatic heterocycles. The number of halogens is 2. The number of rotatable bonds is 8. The number of carbonyl (C=O) groups is 1. The van der Waals surface area contributed by atoms with Crippen molar-refractivity contribution in [2.45, 2.75) is 53.3 Å². The van der Waals surface area contributed by atoms with Crippen molar-refractivity contribution in [3.05, 3.63) is 62.7 Å². The van der Waals surface area contributed by atoms with Crippen molar-refractivity contribution in [2.24, 2.45) is 4.99 Å². The summed E-state index contributed by atoms with van der Waals surface area (Å²) in [6.07, 6.45) is 1.83. The van der Waals surface area contributed by atoms with Crippen molar-refractivity contribution in [3.8, 4) is 11.5 Å². The highest BCUT2D eigenvalue weighted by Crippen LogP contribution is 2.39. The quantitative estimate of drug-likeness (QED) is 0.355. The maximum absolute atomic E-state index is 14.0. The fourth-order valence-corrected chi connectivity index (χ4v) is 4.87. The topological polar surface area (TPSA) is 51.1 Å². The van der Waals surface area contributed by atoms with Crippen molar-refractivity contribution in [1.29, 1.82) is 0 Å². The van der Waals surface area contributed by atoms with E-state index < -0.39 is 0 Å². The number of amides is 1. The van der Waals surface area contributed by atoms with Crippen molar-refractivity contribution in [1.82, 2.24) is 4.90 Å². The molecule has 1 aliphatic rings. The molecule has 0 radical (unpaired) electrons. The van der Waals surface area contributed by atoms with E-state index in [0.717, 1.165) is 10.0 Å². The smallest absolute Gasteiger partial charge is 0.266 e. The Morgan fingerprint density at radius 3 is 2.48 bits per heavy atom. The van der Waals surface area contributed by atoms with Crippen LogP contribution < -0.4 is 9.47 Å². The number of amidine groups is 1. The van der Waals surface area contributed by atoms with Crippen LogP contribution in [0.25, 0.3) is 6.08 Å². The van der Waals surface area contributed by atoms with E-state index in [1.807, 2.05) is 46.8 Å². The Labute approximate surface area is 207 Å². The summed E-state index contributed by atoms with van der Waals surface area (Å²) in [4.78, 5) is 20.0. The molecule has 2 aromatic rings. The van der Waals surface area contributed by atoms with Gasteiger partial charge in [0.2, 0.25) is 0 Å². The summed E-state index contributed by atoms with van der Waals surface area (Å²) in [5, 5.41) is 0.710. The van der Waals surface area contributed by atoms with E-state index in [9.17, 15) is 9.18 Å². The minimum absolute atomic E-state index is 0.00462. The minimum Gasteiger partial charge on any atom is -0.490 e. The Balaban J connectivity index is 1.92. The van der Waals surface area contributed by atoms with Crippen molar-refractivity contribution >= 4 is 44.8 Å². The molecule has 0 aliphatic carbocycles. The van der Waals surface area contributed by atoms with Gasteiger partial charge < -0.3 is 9.47 Å². The molecule has 0 unspecified atom stereocenters. The van der Waals surface area contributed by atoms with Gasteiger partial charge in [-0.25, -0.2) is 4.39 Å². The molecule has 0 N–H and O–H groups in total. The maximum Gasteiger partial charge on any atom is 0.266 e. The first-order chi connectivity index (χ1) is 15.7. The van der Waals surface area contributed by atoms with Crippen LogP contribution in [0.1, 0.15) is 45.7 Å². The largest absolute Gasteiger partial charge is 0.490 e. The standard InChI is InChI=1S/C25H28BrFN2O3S/c1-6-31-21-11-18(12-23-24(30)29(16(4)5)25(33-23)28-15(2)3)19(26)13-22(21)32-14-17-9-7-8-10-20(17)27/h7-13,15-16H,6,14H2,1-5H3/b23-12+,28-25?. The Morgan fingerprint density at radius 2 is 1.85 bits per heavy atom. The van der Waals surface area contributed by atoms with Crippen LogP contribution in [0, 0.1) is 5.82 Å². The van der Waals surface area contributed by atoms with Crippen LogP contribution in [0.2, 0.25) is 0 Å². The van der Waals surface area contributed by atoms with Gasteiger partial charge in [-0.1, -0.05) is 34.1 Å². The van der Waals surface area contributed by atoms with Crippen LogP contribution in [0.4, 0.5) is 4.39 Å². The van der Waals surface area contributed by atoms with Crippen LogP contribution in [-0.4, -0.2) is 34.7 Å². The van der Waals surface area contributed by atoms with Crippen LogP contribution in [-0.2, 0) is 11.4 Å². The van der Waals surface area contributed by atoms with Crippen molar-refractivity contribution in [2.75, 3.05) is 6.61 Å². The molecule has 0 saturated carbocycles. The number of nitrogens with zero attached hydrogens (tertiary/aromatic N) is 2. The van der Waals surface area contributed by atoms with Crippen LogP contribution in [0.15, 0.2) is 50.8 Å². The highest BCUT2D eigenvalue weighted by molar-refractivity contribution is 9.10. The number of carbonyl (C=O) groups excluding carboxylic acids is 1. The molecular weight excluding hydrogens is 507 g/mol. The second-order valence-electron chi connectivity index (χ2n) is 8.02. The van der Waals surface area contributed by atoms with E-state index in [0.29, 0.717) is 33.7 Å². The molecule has 0 bridgehead atoms. The summed E-state index contributed by atoms with van der Waals surface area (Å²) in [7, 11) is 0. The van der Waals surface area contributed by atoms with Crippen LogP contribution in [0.5, 0.6) is 11.5 Å². The lowest BCUT2D eigenvalue weighted by molar-refractivity contribution is -0.123. The Bertz CT molecular complexity index is 1090. The number of benzene rings is 2. The lowest BCUT2D eigenvalue weighted by atomic mass is 10.1. The van der Waals surface area contributed by atoms with E-state index in [-0.39, 0.29) is 30.4 Å². The van der Waals surface area contributed by atoms with Crippen LogP contribution in [0.3, 0.4) is 0 Å². The van der Waals surface area contributed by atoms with E-state index >= 15 is 0 Å². The third kappa shape index (κ3) is 6.18. The second kappa shape index (κ2) is 11.2. The molecule has 0 atom stereocenters. The van der Waals surface area contributed by atoms with Gasteiger partial charge in [-0.15, -0.1) is 0 Å². The van der Waals surface area contributed by atoms with E-state index in [2.05, 4.69) is 20.9 Å². The summed E-state index contributed by atoms with van der Waals surface area (Å²) in [6, 6.07) is 10.2. The number of hydrogen-bond acceptors (Lipinski definition) is 5. The molecule has 8 heteroatoms. The lowest BCUT2D eigenvalue weighted by Gasteiger charge is -2.20. The second-order valence-corrected chi connectivity index (χ2v) is 9.88. The Kier molecular flexibility index (Phi) is 8.59. The first-order valence-corrected chi connectivity index (χ1v) is 12.5. The number of ether oxygens (including phenoxy) is 2. The predicted molar refractivity (Wildman–Crippen MR) is 136 cm³/mol. The molecule has 33 heavy (non-hydrogen) atoms. The summed E-state index contributed by atoms with van der Waals surface area (Å²) >= 11 is 4.95. The molecule has 1 saturated heterocycles. The summed E-state index contributed by atoms with van der Waals surface area (Å²) in [5.74, 6) is 0.627. The van der Waals surface area contributed by atoms with E-state index in [1.54, 1.807) is 29.2 Å². The molecule has 5 nitrogen and oxygen atoms in total. The van der Waals surface area contributed by atoms with Gasteiger partial charge in [-0.2, -0.15) is 0 Å². The van der Waals surface area contributed by atoms with Gasteiger partial charge in [0.25, 0.3) is 5.91 Å². The van der Waals surface area contributed by atoms with Gasteiger partial charge >= 0.3 is 0 Å². The van der Waals surface area contributed by atoms with Gasteiger partial charge in [0, 0.05) is 22.1 Å². The number of aliphatic imine (C=N–C) groups is 1. The molecule has 3 rings (SSSR count). The predicted octanol–water partition coefficient (Wildman–Crippen LogP) is 6.66. The summed E-state index contributed by atoms with van der Waals surface area (Å²) in [6.45, 7) is 10.3. The van der Waals surface area contributed by atoms with E-state index in [4.69, 9.17) is 9.47 Å². The molecular formula is C25H28BrFN2O3S. The minimum atomic E-state index is -0.318. The molecule has 1 amide bonds. The molecule has 1 fully saturated rings. The van der Waals surface area contributed by atoms with Gasteiger partial charge in [0.15, 0.2) is 16.7 Å². The number of thioether (sulfide) groups is 1. The molecule has 2 aromatic carbocycles. The van der Waals surface area contributed by atoms with Crippen molar-refractivity contribution in [3.63, 3.8) is 0 Å². The number of hydrogen-bond donors (Lipinski definition) is 0. The zero-order chi connectivity index (χ0) is 24.1. The monoisotopic (exact) mass is 534 g/mol. The third-order valence-electron chi connectivity index (χ3n) is 4.71. The zero-order valence-electron chi connectivity index (χ0n) is 19.4. The molecule has 176 valence electrons. The van der Waals surface area contributed by atoms with Gasteiger partial charge in [-0.05, 0) is 76.2 Å². The highest BCUT2D eigenvalue weighted by atomic mass is 79.9. The summed E-state index contributed by atoms with van der Waals surface area (Å²) < 4.78 is 26.4. The molecule has 1 aliphatic heterocycles. The maximum atomic E-state index is 14.0. The van der Waals surface area contributed by atoms with Crippen molar-refractivity contribution < 1.29 is 18.7 Å². The first kappa shape index (κ1) is 25.3. The third-order valence-corrected chi connectivity index (χ3v) is 6.40. The summed E-state index contributed by atoms with van der Waals surface area (Å²) in [5.41, 5.74) is 1.24. The fourth-order valence-electron chi connectivity index (χ4n) is 3.21.